The van der Waals surface area contributed by atoms with E-state index < -0.39 is 0 Å². The minimum atomic E-state index is -0.0128. The molecule has 2 aliphatic rings. The maximum atomic E-state index is 12.6. The molecule has 6 heteroatoms. The lowest BCUT2D eigenvalue weighted by molar-refractivity contribution is -0.126. The van der Waals surface area contributed by atoms with E-state index in [2.05, 4.69) is 5.32 Å². The molecule has 0 aromatic heterocycles. The summed E-state index contributed by atoms with van der Waals surface area (Å²) in [4.78, 5) is 28.9. The van der Waals surface area contributed by atoms with Crippen LogP contribution >= 0.6 is 0 Å². The molecule has 0 radical (unpaired) electrons. The monoisotopic (exact) mass is 421 g/mol. The first-order valence-corrected chi connectivity index (χ1v) is 11.3. The van der Waals surface area contributed by atoms with Crippen molar-refractivity contribution in [1.82, 2.24) is 15.1 Å². The van der Waals surface area contributed by atoms with Gasteiger partial charge in [0.2, 0.25) is 5.91 Å². The van der Waals surface area contributed by atoms with Gasteiger partial charge in [-0.2, -0.15) is 0 Å². The van der Waals surface area contributed by atoms with Crippen molar-refractivity contribution in [1.29, 1.82) is 0 Å². The van der Waals surface area contributed by atoms with Crippen LogP contribution in [0.3, 0.4) is 0 Å². The topological polar surface area (TPSA) is 61.9 Å². The Labute approximate surface area is 184 Å². The number of carbonyl (C=O) groups is 2. The van der Waals surface area contributed by atoms with Crippen LogP contribution in [0.25, 0.3) is 0 Å². The Kier molecular flexibility index (Phi) is 7.07. The number of benzene rings is 2. The van der Waals surface area contributed by atoms with Gasteiger partial charge in [-0.1, -0.05) is 42.5 Å². The predicted octanol–water partition coefficient (Wildman–Crippen LogP) is 3.81. The lowest BCUT2D eigenvalue weighted by Crippen LogP contribution is -2.47. The molecule has 2 fully saturated rings. The molecule has 2 saturated heterocycles. The summed E-state index contributed by atoms with van der Waals surface area (Å²) in [6.07, 6.45) is 3.68. The SMILES string of the molecule is O=C(NCc1ccc(COc2ccccc2)cc1)C1CCN(C(=O)N2CCCC2)CC1. The van der Waals surface area contributed by atoms with E-state index in [0.717, 1.165) is 55.6 Å². The highest BCUT2D eigenvalue weighted by Crippen LogP contribution is 2.20. The number of nitrogens with zero attached hydrogens (tertiary/aromatic N) is 2. The van der Waals surface area contributed by atoms with Crippen LogP contribution in [0.2, 0.25) is 0 Å². The second-order valence-electron chi connectivity index (χ2n) is 8.37. The first-order chi connectivity index (χ1) is 15.2. The van der Waals surface area contributed by atoms with Crippen LogP contribution in [0, 0.1) is 5.92 Å². The molecule has 2 aliphatic heterocycles. The van der Waals surface area contributed by atoms with E-state index in [4.69, 9.17) is 4.74 Å². The Morgan fingerprint density at radius 3 is 2.13 bits per heavy atom. The van der Waals surface area contributed by atoms with Gasteiger partial charge in [0.25, 0.3) is 0 Å². The molecule has 0 atom stereocenters. The molecule has 0 saturated carbocycles. The Balaban J connectivity index is 1.18. The van der Waals surface area contributed by atoms with E-state index in [1.165, 1.54) is 0 Å². The summed E-state index contributed by atoms with van der Waals surface area (Å²) in [6.45, 7) is 4.12. The van der Waals surface area contributed by atoms with Gasteiger partial charge in [-0.15, -0.1) is 0 Å². The molecule has 0 spiro atoms. The van der Waals surface area contributed by atoms with Crippen molar-refractivity contribution in [3.05, 3.63) is 65.7 Å². The van der Waals surface area contributed by atoms with Crippen LogP contribution in [0.5, 0.6) is 5.75 Å². The molecule has 31 heavy (non-hydrogen) atoms. The first kappa shape index (κ1) is 21.2. The number of rotatable bonds is 6. The molecule has 0 unspecified atom stereocenters. The van der Waals surface area contributed by atoms with Crippen molar-refractivity contribution in [2.75, 3.05) is 26.2 Å². The van der Waals surface area contributed by atoms with Gasteiger partial charge in [-0.05, 0) is 48.9 Å². The number of piperidine rings is 1. The maximum Gasteiger partial charge on any atom is 0.319 e. The molecule has 2 aromatic carbocycles. The van der Waals surface area contributed by atoms with E-state index in [9.17, 15) is 9.59 Å². The summed E-state index contributed by atoms with van der Waals surface area (Å²) in [5.41, 5.74) is 2.16. The zero-order chi connectivity index (χ0) is 21.5. The molecular weight excluding hydrogens is 390 g/mol. The van der Waals surface area contributed by atoms with E-state index in [0.29, 0.717) is 26.2 Å². The quantitative estimate of drug-likeness (QED) is 0.772. The Morgan fingerprint density at radius 1 is 0.839 bits per heavy atom. The number of hydrogen-bond donors (Lipinski definition) is 1. The van der Waals surface area contributed by atoms with Crippen molar-refractivity contribution >= 4 is 11.9 Å². The molecule has 2 heterocycles. The molecule has 6 nitrogen and oxygen atoms in total. The average Bonchev–Trinajstić information content (AvgIpc) is 3.37. The summed E-state index contributed by atoms with van der Waals surface area (Å²) in [7, 11) is 0. The lowest BCUT2D eigenvalue weighted by Gasteiger charge is -2.34. The van der Waals surface area contributed by atoms with Crippen molar-refractivity contribution in [3.63, 3.8) is 0 Å². The van der Waals surface area contributed by atoms with Gasteiger partial charge >= 0.3 is 6.03 Å². The van der Waals surface area contributed by atoms with Crippen LogP contribution in [0.15, 0.2) is 54.6 Å². The summed E-state index contributed by atoms with van der Waals surface area (Å²) in [6, 6.07) is 18.0. The van der Waals surface area contributed by atoms with Crippen LogP contribution in [-0.2, 0) is 17.9 Å². The second kappa shape index (κ2) is 10.3. The van der Waals surface area contributed by atoms with Gasteiger partial charge in [0.05, 0.1) is 0 Å². The number of likely N-dealkylation sites (tertiary alicyclic amines) is 2. The predicted molar refractivity (Wildman–Crippen MR) is 120 cm³/mol. The van der Waals surface area contributed by atoms with E-state index in [1.54, 1.807) is 0 Å². The third kappa shape index (κ3) is 5.78. The zero-order valence-electron chi connectivity index (χ0n) is 18.0. The number of para-hydroxylation sites is 1. The van der Waals surface area contributed by atoms with Crippen LogP contribution in [0.1, 0.15) is 36.8 Å². The highest BCUT2D eigenvalue weighted by atomic mass is 16.5. The Bertz CT molecular complexity index is 855. The fourth-order valence-corrected chi connectivity index (χ4v) is 4.21. The van der Waals surface area contributed by atoms with Crippen molar-refractivity contribution < 1.29 is 14.3 Å². The van der Waals surface area contributed by atoms with Gasteiger partial charge in [0, 0.05) is 38.6 Å². The van der Waals surface area contributed by atoms with E-state index in [-0.39, 0.29) is 17.9 Å². The number of nitrogens with one attached hydrogen (secondary N) is 1. The minimum absolute atomic E-state index is 0.0128. The normalized spacial score (nSPS) is 16.9. The summed E-state index contributed by atoms with van der Waals surface area (Å²) < 4.78 is 5.77. The summed E-state index contributed by atoms with van der Waals surface area (Å²) >= 11 is 0. The second-order valence-corrected chi connectivity index (χ2v) is 8.37. The molecule has 1 N–H and O–H groups in total. The number of hydrogen-bond acceptors (Lipinski definition) is 3. The largest absolute Gasteiger partial charge is 0.489 e. The van der Waals surface area contributed by atoms with Gasteiger partial charge in [-0.25, -0.2) is 4.79 Å². The standard InChI is InChI=1S/C25H31N3O3/c29-24(22-12-16-28(17-13-22)25(30)27-14-4-5-15-27)26-18-20-8-10-21(11-9-20)19-31-23-6-2-1-3-7-23/h1-3,6-11,22H,4-5,12-19H2,(H,26,29). The van der Waals surface area contributed by atoms with Crippen LogP contribution in [-0.4, -0.2) is 47.9 Å². The van der Waals surface area contributed by atoms with Gasteiger partial charge < -0.3 is 19.9 Å². The number of carbonyl (C=O) groups excluding carboxylic acids is 2. The lowest BCUT2D eigenvalue weighted by atomic mass is 9.96. The van der Waals surface area contributed by atoms with Gasteiger partial charge in [0.1, 0.15) is 12.4 Å². The van der Waals surface area contributed by atoms with Gasteiger partial charge in [0.15, 0.2) is 0 Å². The molecule has 164 valence electrons. The number of ether oxygens (including phenoxy) is 1. The van der Waals surface area contributed by atoms with Crippen LogP contribution in [0.4, 0.5) is 4.79 Å². The van der Waals surface area contributed by atoms with E-state index >= 15 is 0 Å². The fourth-order valence-electron chi connectivity index (χ4n) is 4.21. The van der Waals surface area contributed by atoms with Crippen LogP contribution < -0.4 is 10.1 Å². The fraction of sp³-hybridized carbons (Fsp3) is 0.440. The smallest absolute Gasteiger partial charge is 0.319 e. The van der Waals surface area contributed by atoms with Crippen molar-refractivity contribution in [3.8, 4) is 5.75 Å². The summed E-state index contributed by atoms with van der Waals surface area (Å²) in [5, 5.41) is 3.06. The molecule has 3 amide bonds. The molecule has 0 bridgehead atoms. The average molecular weight is 422 g/mol. The van der Waals surface area contributed by atoms with E-state index in [1.807, 2.05) is 64.4 Å². The maximum absolute atomic E-state index is 12.6. The third-order valence-electron chi connectivity index (χ3n) is 6.15. The highest BCUT2D eigenvalue weighted by molar-refractivity contribution is 5.79. The third-order valence-corrected chi connectivity index (χ3v) is 6.15. The zero-order valence-corrected chi connectivity index (χ0v) is 18.0. The van der Waals surface area contributed by atoms with Crippen molar-refractivity contribution in [2.24, 2.45) is 5.92 Å². The molecular formula is C25H31N3O3. The minimum Gasteiger partial charge on any atom is -0.489 e. The Hall–Kier alpha value is -3.02. The number of amides is 3. The molecule has 0 aliphatic carbocycles. The highest BCUT2D eigenvalue weighted by Gasteiger charge is 2.30. The van der Waals surface area contributed by atoms with Crippen molar-refractivity contribution in [2.45, 2.75) is 38.8 Å². The first-order valence-electron chi connectivity index (χ1n) is 11.3. The molecule has 4 rings (SSSR count). The Morgan fingerprint density at radius 2 is 1.45 bits per heavy atom. The number of urea groups is 1. The summed E-state index contributed by atoms with van der Waals surface area (Å²) in [5.74, 6) is 0.929. The van der Waals surface area contributed by atoms with Gasteiger partial charge in [-0.3, -0.25) is 4.79 Å². The molecule has 2 aromatic rings.